The first-order chi connectivity index (χ1) is 14.6. The quantitative estimate of drug-likeness (QED) is 0.299. The SMILES string of the molecule is C=C(S/C=C(\C)Cc1cc(Cl)ccc1C)/C(=C\C)OC.CCc1c(F)ccc(F)c1C. The summed E-state index contributed by atoms with van der Waals surface area (Å²) in [6.07, 6.45) is 3.35. The number of hydrogen-bond acceptors (Lipinski definition) is 2. The largest absolute Gasteiger partial charge is 0.496 e. The molecular weight excluding hydrogens is 434 g/mol. The molecule has 0 fully saturated rings. The zero-order chi connectivity index (χ0) is 23.6. The number of benzene rings is 2. The number of halogens is 3. The molecule has 168 valence electrons. The summed E-state index contributed by atoms with van der Waals surface area (Å²) in [4.78, 5) is 0.914. The van der Waals surface area contributed by atoms with E-state index in [1.54, 1.807) is 25.8 Å². The first-order valence-corrected chi connectivity index (χ1v) is 11.3. The number of aryl methyl sites for hydroxylation is 1. The summed E-state index contributed by atoms with van der Waals surface area (Å²) in [7, 11) is 1.66. The van der Waals surface area contributed by atoms with Crippen LogP contribution in [0.1, 0.15) is 43.0 Å². The lowest BCUT2D eigenvalue weighted by Crippen LogP contribution is -1.95. The Morgan fingerprint density at radius 2 is 1.81 bits per heavy atom. The van der Waals surface area contributed by atoms with E-state index in [1.807, 2.05) is 32.1 Å². The number of methoxy groups -OCH3 is 1. The molecule has 0 aliphatic rings. The maximum absolute atomic E-state index is 12.9. The fourth-order valence-electron chi connectivity index (χ4n) is 2.92. The van der Waals surface area contributed by atoms with Crippen molar-refractivity contribution in [1.82, 2.24) is 0 Å². The molecule has 0 unspecified atom stereocenters. The van der Waals surface area contributed by atoms with Gasteiger partial charge in [-0.2, -0.15) is 0 Å². The summed E-state index contributed by atoms with van der Waals surface area (Å²) in [5.74, 6) is 0.174. The molecule has 0 aliphatic heterocycles. The van der Waals surface area contributed by atoms with Crippen LogP contribution in [0.2, 0.25) is 5.02 Å². The number of ether oxygens (including phenoxy) is 1. The highest BCUT2D eigenvalue weighted by molar-refractivity contribution is 8.06. The highest BCUT2D eigenvalue weighted by atomic mass is 35.5. The predicted molar refractivity (Wildman–Crippen MR) is 132 cm³/mol. The van der Waals surface area contributed by atoms with Gasteiger partial charge in [0.05, 0.1) is 7.11 Å². The molecule has 2 aromatic carbocycles. The van der Waals surface area contributed by atoms with Gasteiger partial charge in [0.2, 0.25) is 0 Å². The van der Waals surface area contributed by atoms with Gasteiger partial charge in [0.1, 0.15) is 17.4 Å². The minimum atomic E-state index is -0.330. The van der Waals surface area contributed by atoms with Crippen molar-refractivity contribution in [2.24, 2.45) is 0 Å². The molecule has 0 aromatic heterocycles. The van der Waals surface area contributed by atoms with E-state index in [9.17, 15) is 8.78 Å². The molecule has 0 bridgehead atoms. The lowest BCUT2D eigenvalue weighted by molar-refractivity contribution is 0.304. The fraction of sp³-hybridized carbons (Fsp3) is 0.308. The maximum Gasteiger partial charge on any atom is 0.127 e. The van der Waals surface area contributed by atoms with Gasteiger partial charge in [-0.3, -0.25) is 0 Å². The molecule has 0 atom stereocenters. The van der Waals surface area contributed by atoms with Crippen LogP contribution < -0.4 is 0 Å². The average Bonchev–Trinajstić information content (AvgIpc) is 2.74. The molecule has 0 amide bonds. The minimum absolute atomic E-state index is 0.314. The van der Waals surface area contributed by atoms with Crippen molar-refractivity contribution >= 4 is 23.4 Å². The molecule has 0 saturated carbocycles. The van der Waals surface area contributed by atoms with Gasteiger partial charge in [-0.25, -0.2) is 8.78 Å². The molecule has 0 saturated heterocycles. The number of thioether (sulfide) groups is 1. The van der Waals surface area contributed by atoms with E-state index < -0.39 is 0 Å². The number of hydrogen-bond donors (Lipinski definition) is 0. The summed E-state index contributed by atoms with van der Waals surface area (Å²) in [6.45, 7) is 13.6. The highest BCUT2D eigenvalue weighted by Crippen LogP contribution is 2.26. The molecular formula is C26H31ClF2OS. The standard InChI is InChI=1S/C17H21ClOS.C9H10F2/c1-6-17(19-5)14(4)20-11-12(2)9-15-10-16(18)8-7-13(15)3;1-3-7-6(2)8(10)4-5-9(7)11/h6-8,10-11H,4,9H2,1-3,5H3;4-5H,3H2,1-2H3/b12-11+,17-6+;. The van der Waals surface area contributed by atoms with Crippen LogP contribution in [0.5, 0.6) is 0 Å². The Balaban J connectivity index is 0.000000367. The van der Waals surface area contributed by atoms with E-state index in [1.165, 1.54) is 22.8 Å². The normalized spacial score (nSPS) is 11.6. The summed E-state index contributed by atoms with van der Waals surface area (Å²) >= 11 is 7.63. The van der Waals surface area contributed by atoms with E-state index in [0.29, 0.717) is 17.5 Å². The smallest absolute Gasteiger partial charge is 0.127 e. The van der Waals surface area contributed by atoms with E-state index in [2.05, 4.69) is 31.9 Å². The van der Waals surface area contributed by atoms with Crippen LogP contribution in [-0.4, -0.2) is 7.11 Å². The van der Waals surface area contributed by atoms with Gasteiger partial charge in [0.25, 0.3) is 0 Å². The Morgan fingerprint density at radius 3 is 2.35 bits per heavy atom. The van der Waals surface area contributed by atoms with Crippen molar-refractivity contribution < 1.29 is 13.5 Å². The lowest BCUT2D eigenvalue weighted by atomic mass is 10.0. The summed E-state index contributed by atoms with van der Waals surface area (Å²) < 4.78 is 30.9. The van der Waals surface area contributed by atoms with Gasteiger partial charge in [0, 0.05) is 9.93 Å². The van der Waals surface area contributed by atoms with Gasteiger partial charge in [0.15, 0.2) is 0 Å². The van der Waals surface area contributed by atoms with E-state index in [-0.39, 0.29) is 11.6 Å². The van der Waals surface area contributed by atoms with Crippen molar-refractivity contribution in [3.8, 4) is 0 Å². The summed E-state index contributed by atoms with van der Waals surface area (Å²) in [5, 5.41) is 2.90. The molecule has 5 heteroatoms. The number of rotatable bonds is 7. The van der Waals surface area contributed by atoms with Crippen LogP contribution in [0.25, 0.3) is 0 Å². The summed E-state index contributed by atoms with van der Waals surface area (Å²) in [6, 6.07) is 8.33. The fourth-order valence-corrected chi connectivity index (χ4v) is 3.86. The summed E-state index contributed by atoms with van der Waals surface area (Å²) in [5.41, 5.74) is 4.69. The molecule has 0 heterocycles. The van der Waals surface area contributed by atoms with Gasteiger partial charge >= 0.3 is 0 Å². The van der Waals surface area contributed by atoms with Gasteiger partial charge in [-0.05, 0) is 98.5 Å². The molecule has 1 nitrogen and oxygen atoms in total. The second kappa shape index (κ2) is 13.4. The van der Waals surface area contributed by atoms with Gasteiger partial charge in [-0.15, -0.1) is 0 Å². The molecule has 0 radical (unpaired) electrons. The van der Waals surface area contributed by atoms with Gasteiger partial charge in [-0.1, -0.05) is 48.5 Å². The third-order valence-corrected chi connectivity index (χ3v) is 6.01. The van der Waals surface area contributed by atoms with Crippen LogP contribution in [0.15, 0.2) is 64.6 Å². The monoisotopic (exact) mass is 464 g/mol. The highest BCUT2D eigenvalue weighted by Gasteiger charge is 2.07. The van der Waals surface area contributed by atoms with E-state index in [4.69, 9.17) is 16.3 Å². The van der Waals surface area contributed by atoms with Crippen LogP contribution in [-0.2, 0) is 17.6 Å². The van der Waals surface area contributed by atoms with E-state index in [0.717, 1.165) is 28.2 Å². The average molecular weight is 465 g/mol. The zero-order valence-corrected chi connectivity index (χ0v) is 20.7. The topological polar surface area (TPSA) is 9.23 Å². The van der Waals surface area contributed by atoms with Crippen LogP contribution in [0.4, 0.5) is 8.78 Å². The molecule has 0 spiro atoms. The predicted octanol–water partition coefficient (Wildman–Crippen LogP) is 8.73. The second-order valence-corrected chi connectivity index (χ2v) is 8.50. The lowest BCUT2D eigenvalue weighted by Gasteiger charge is -2.09. The molecule has 0 aliphatic carbocycles. The van der Waals surface area contributed by atoms with Crippen molar-refractivity contribution in [3.63, 3.8) is 0 Å². The third kappa shape index (κ3) is 8.54. The van der Waals surface area contributed by atoms with Gasteiger partial charge < -0.3 is 4.74 Å². The Kier molecular flexibility index (Phi) is 11.7. The van der Waals surface area contributed by atoms with E-state index >= 15 is 0 Å². The Labute approximate surface area is 194 Å². The van der Waals surface area contributed by atoms with Crippen molar-refractivity contribution in [1.29, 1.82) is 0 Å². The second-order valence-electron chi connectivity index (χ2n) is 7.10. The molecule has 2 rings (SSSR count). The Hall–Kier alpha value is -2.04. The minimum Gasteiger partial charge on any atom is -0.496 e. The molecule has 2 aromatic rings. The third-order valence-electron chi connectivity index (χ3n) is 4.77. The maximum atomic E-state index is 12.9. The van der Waals surface area contributed by atoms with Crippen molar-refractivity contribution in [2.75, 3.05) is 7.11 Å². The van der Waals surface area contributed by atoms with Crippen LogP contribution in [0.3, 0.4) is 0 Å². The zero-order valence-electron chi connectivity index (χ0n) is 19.1. The Morgan fingerprint density at radius 1 is 1.16 bits per heavy atom. The van der Waals surface area contributed by atoms with Crippen molar-refractivity contribution in [3.05, 3.63) is 104 Å². The Bertz CT molecular complexity index is 964. The number of allylic oxidation sites excluding steroid dienone is 2. The van der Waals surface area contributed by atoms with Crippen LogP contribution in [0, 0.1) is 25.5 Å². The van der Waals surface area contributed by atoms with Crippen LogP contribution >= 0.6 is 23.4 Å². The first kappa shape index (κ1) is 27.0. The molecule has 31 heavy (non-hydrogen) atoms. The van der Waals surface area contributed by atoms with Crippen molar-refractivity contribution in [2.45, 2.75) is 47.5 Å². The molecule has 0 N–H and O–H groups in total. The first-order valence-electron chi connectivity index (χ1n) is 10.0.